The van der Waals surface area contributed by atoms with Gasteiger partial charge in [0.05, 0.1) is 17.1 Å². The Hall–Kier alpha value is -7.50. The molecule has 7 aromatic carbocycles. The van der Waals surface area contributed by atoms with E-state index in [0.717, 1.165) is 83.8 Å². The van der Waals surface area contributed by atoms with Gasteiger partial charge in [-0.25, -0.2) is 19.9 Å². The lowest BCUT2D eigenvalue weighted by atomic mass is 10.0. The van der Waals surface area contributed by atoms with Crippen molar-refractivity contribution in [3.63, 3.8) is 0 Å². The van der Waals surface area contributed by atoms with Crippen molar-refractivity contribution in [2.45, 2.75) is 0 Å². The van der Waals surface area contributed by atoms with Gasteiger partial charge in [0, 0.05) is 38.6 Å². The van der Waals surface area contributed by atoms with Gasteiger partial charge in [0.25, 0.3) is 0 Å². The highest BCUT2D eigenvalue weighted by Crippen LogP contribution is 2.38. The summed E-state index contributed by atoms with van der Waals surface area (Å²) in [6.07, 6.45) is 0. The third-order valence-corrected chi connectivity index (χ3v) is 10.1. The van der Waals surface area contributed by atoms with Crippen molar-refractivity contribution < 1.29 is 0 Å². The van der Waals surface area contributed by atoms with Gasteiger partial charge in [-0.3, -0.25) is 4.40 Å². The first-order chi connectivity index (χ1) is 27.3. The Labute approximate surface area is 319 Å². The average Bonchev–Trinajstić information content (AvgIpc) is 3.62. The summed E-state index contributed by atoms with van der Waals surface area (Å²) in [5.41, 5.74) is 12.1. The quantitative estimate of drug-likeness (QED) is 0.166. The summed E-state index contributed by atoms with van der Waals surface area (Å²) in [4.78, 5) is 20.4. The molecule has 0 N–H and O–H groups in total. The van der Waals surface area contributed by atoms with Crippen molar-refractivity contribution in [1.82, 2.24) is 24.3 Å². The summed E-state index contributed by atoms with van der Waals surface area (Å²) in [6.45, 7) is 0. The van der Waals surface area contributed by atoms with Crippen LogP contribution in [-0.4, -0.2) is 24.3 Å². The van der Waals surface area contributed by atoms with Crippen LogP contribution in [0.2, 0.25) is 0 Å². The summed E-state index contributed by atoms with van der Waals surface area (Å²) >= 11 is 0. The molecule has 0 aliphatic heterocycles. The number of aromatic nitrogens is 5. The summed E-state index contributed by atoms with van der Waals surface area (Å²) in [5.74, 6) is 2.24. The number of benzene rings is 7. The van der Waals surface area contributed by atoms with E-state index in [9.17, 15) is 0 Å². The van der Waals surface area contributed by atoms with Crippen LogP contribution < -0.4 is 0 Å². The van der Waals surface area contributed by atoms with Crippen LogP contribution >= 0.6 is 0 Å². The Kier molecular flexibility index (Phi) is 8.08. The molecule has 5 heteroatoms. The van der Waals surface area contributed by atoms with Gasteiger partial charge in [0.2, 0.25) is 0 Å². The minimum atomic E-state index is 0.696. The van der Waals surface area contributed by atoms with Gasteiger partial charge in [-0.2, -0.15) is 0 Å². The van der Waals surface area contributed by atoms with E-state index in [1.54, 1.807) is 0 Å². The normalized spacial score (nSPS) is 11.3. The fourth-order valence-electron chi connectivity index (χ4n) is 7.33. The minimum Gasteiger partial charge on any atom is -0.277 e. The molecule has 0 aliphatic carbocycles. The second-order valence-electron chi connectivity index (χ2n) is 13.5. The number of hydrogen-bond donors (Lipinski definition) is 0. The second-order valence-corrected chi connectivity index (χ2v) is 13.5. The molecule has 10 aromatic rings. The molecule has 258 valence electrons. The molecule has 0 fully saturated rings. The van der Waals surface area contributed by atoms with E-state index in [1.165, 1.54) is 0 Å². The van der Waals surface area contributed by atoms with E-state index >= 15 is 0 Å². The van der Waals surface area contributed by atoms with Crippen LogP contribution in [0.3, 0.4) is 0 Å². The molecule has 5 nitrogen and oxygen atoms in total. The first-order valence-corrected chi connectivity index (χ1v) is 18.4. The fourth-order valence-corrected chi connectivity index (χ4v) is 7.33. The van der Waals surface area contributed by atoms with Gasteiger partial charge in [-0.1, -0.05) is 194 Å². The standard InChI is InChI=1S/C50H33N5/c1-5-15-36(16-6-1)44-33-45(52-47(51-44)39-19-9-3-10-20-39)37-29-25-34(26-30-37)35-27-31-41(32-28-35)49-53-48(40-21-11-4-12-22-40)54-50-43-24-14-13-23-42(43)46(55(49)50)38-17-7-2-8-18-38/h1-33H. The lowest BCUT2D eigenvalue weighted by molar-refractivity contribution is 1.05. The first kappa shape index (κ1) is 32.2. The van der Waals surface area contributed by atoms with Crippen LogP contribution in [0.5, 0.6) is 0 Å². The third-order valence-electron chi connectivity index (χ3n) is 10.1. The molecular formula is C50H33N5. The first-order valence-electron chi connectivity index (χ1n) is 18.4. The van der Waals surface area contributed by atoms with Crippen LogP contribution in [-0.2, 0) is 0 Å². The molecule has 3 heterocycles. The van der Waals surface area contributed by atoms with E-state index in [2.05, 4.69) is 150 Å². The highest BCUT2D eigenvalue weighted by Gasteiger charge is 2.21. The largest absolute Gasteiger partial charge is 0.277 e. The van der Waals surface area contributed by atoms with E-state index in [0.29, 0.717) is 11.6 Å². The molecule has 10 rings (SSSR count). The molecule has 0 radical (unpaired) electrons. The third kappa shape index (κ3) is 6.04. The maximum absolute atomic E-state index is 5.27. The Morgan fingerprint density at radius 2 is 0.691 bits per heavy atom. The van der Waals surface area contributed by atoms with Crippen LogP contribution in [0.4, 0.5) is 0 Å². The second kappa shape index (κ2) is 13.8. The zero-order chi connectivity index (χ0) is 36.6. The maximum Gasteiger partial charge on any atom is 0.163 e. The van der Waals surface area contributed by atoms with Crippen molar-refractivity contribution in [3.8, 4) is 79.1 Å². The van der Waals surface area contributed by atoms with Crippen molar-refractivity contribution in [3.05, 3.63) is 200 Å². The Morgan fingerprint density at radius 3 is 1.24 bits per heavy atom. The predicted octanol–water partition coefficient (Wildman–Crippen LogP) is 12.3. The van der Waals surface area contributed by atoms with Crippen LogP contribution in [0, 0.1) is 0 Å². The maximum atomic E-state index is 5.27. The van der Waals surface area contributed by atoms with E-state index in [1.807, 2.05) is 54.6 Å². The Morgan fingerprint density at radius 1 is 0.291 bits per heavy atom. The van der Waals surface area contributed by atoms with Crippen molar-refractivity contribution in [2.24, 2.45) is 0 Å². The Bertz CT molecular complexity index is 2870. The molecule has 0 atom stereocenters. The highest BCUT2D eigenvalue weighted by molar-refractivity contribution is 6.06. The van der Waals surface area contributed by atoms with E-state index in [-0.39, 0.29) is 0 Å². The van der Waals surface area contributed by atoms with Gasteiger partial charge in [-0.15, -0.1) is 0 Å². The minimum absolute atomic E-state index is 0.696. The van der Waals surface area contributed by atoms with Crippen LogP contribution in [0.25, 0.3) is 95.5 Å². The molecular weight excluding hydrogens is 671 g/mol. The molecule has 0 spiro atoms. The van der Waals surface area contributed by atoms with Gasteiger partial charge in [-0.05, 0) is 22.8 Å². The molecule has 0 aliphatic rings. The summed E-state index contributed by atoms with van der Waals surface area (Å²) in [6, 6.07) is 69.1. The van der Waals surface area contributed by atoms with Crippen molar-refractivity contribution in [2.75, 3.05) is 0 Å². The van der Waals surface area contributed by atoms with Gasteiger partial charge >= 0.3 is 0 Å². The van der Waals surface area contributed by atoms with Gasteiger partial charge in [0.1, 0.15) is 11.5 Å². The van der Waals surface area contributed by atoms with Crippen molar-refractivity contribution in [1.29, 1.82) is 0 Å². The number of nitrogens with zero attached hydrogens (tertiary/aromatic N) is 5. The van der Waals surface area contributed by atoms with Crippen LogP contribution in [0.15, 0.2) is 200 Å². The lowest BCUT2D eigenvalue weighted by Gasteiger charge is -2.13. The average molecular weight is 704 g/mol. The summed E-state index contributed by atoms with van der Waals surface area (Å²) < 4.78 is 2.23. The topological polar surface area (TPSA) is 56.0 Å². The summed E-state index contributed by atoms with van der Waals surface area (Å²) in [7, 11) is 0. The SMILES string of the molecule is c1ccc(-c2cc(-c3ccc(-c4ccc(-c5nc(-c6ccccc6)nc6c7ccccc7c(-c7ccccc7)n56)cc4)cc3)nc(-c3ccccc3)n2)cc1. The summed E-state index contributed by atoms with van der Waals surface area (Å²) in [5, 5.41) is 2.23. The molecule has 0 amide bonds. The van der Waals surface area contributed by atoms with Gasteiger partial charge < -0.3 is 0 Å². The monoisotopic (exact) mass is 703 g/mol. The van der Waals surface area contributed by atoms with Crippen molar-refractivity contribution >= 4 is 16.4 Å². The Balaban J connectivity index is 1.06. The van der Waals surface area contributed by atoms with Crippen LogP contribution in [0.1, 0.15) is 0 Å². The predicted molar refractivity (Wildman–Crippen MR) is 224 cm³/mol. The van der Waals surface area contributed by atoms with E-state index in [4.69, 9.17) is 19.9 Å². The zero-order valence-corrected chi connectivity index (χ0v) is 29.8. The van der Waals surface area contributed by atoms with Gasteiger partial charge in [0.15, 0.2) is 11.6 Å². The number of fused-ring (bicyclic) bond motifs is 3. The number of hydrogen-bond acceptors (Lipinski definition) is 4. The molecule has 0 saturated heterocycles. The smallest absolute Gasteiger partial charge is 0.163 e. The molecule has 0 saturated carbocycles. The van der Waals surface area contributed by atoms with E-state index < -0.39 is 0 Å². The molecule has 3 aromatic heterocycles. The molecule has 0 unspecified atom stereocenters. The number of rotatable bonds is 7. The zero-order valence-electron chi connectivity index (χ0n) is 29.8. The lowest BCUT2D eigenvalue weighted by Crippen LogP contribution is -2.03. The highest BCUT2D eigenvalue weighted by atomic mass is 15.1. The fraction of sp³-hybridized carbons (Fsp3) is 0. The molecule has 55 heavy (non-hydrogen) atoms. The molecule has 0 bridgehead atoms.